The van der Waals surface area contributed by atoms with Gasteiger partial charge in [0.25, 0.3) is 0 Å². The normalized spacial score (nSPS) is 15.1. The molecule has 0 aliphatic carbocycles. The minimum atomic E-state index is 0.942. The second kappa shape index (κ2) is 12.2. The number of benzene rings is 3. The molecule has 4 heteroatoms. The van der Waals surface area contributed by atoms with Crippen molar-refractivity contribution < 1.29 is 0 Å². The van der Waals surface area contributed by atoms with E-state index in [2.05, 4.69) is 104 Å². The number of nitrogens with one attached hydrogen (secondary N) is 2. The highest BCUT2D eigenvalue weighted by atomic mass is 14.8. The van der Waals surface area contributed by atoms with Crippen molar-refractivity contribution in [3.05, 3.63) is 190 Å². The second-order valence-electron chi connectivity index (χ2n) is 10.2. The zero-order valence-corrected chi connectivity index (χ0v) is 23.8. The molecule has 0 bridgehead atoms. The highest BCUT2D eigenvalue weighted by Crippen LogP contribution is 2.30. The molecule has 2 aliphatic rings. The third-order valence-electron chi connectivity index (χ3n) is 7.29. The summed E-state index contributed by atoms with van der Waals surface area (Å²) in [5, 5.41) is 0. The lowest BCUT2D eigenvalue weighted by atomic mass is 9.99. The molecule has 4 heterocycles. The van der Waals surface area contributed by atoms with E-state index in [1.165, 1.54) is 0 Å². The van der Waals surface area contributed by atoms with E-state index >= 15 is 0 Å². The van der Waals surface area contributed by atoms with Crippen molar-refractivity contribution >= 4 is 23.6 Å². The summed E-state index contributed by atoms with van der Waals surface area (Å²) in [6, 6.07) is 32.7. The Morgan fingerprint density at radius 2 is 0.818 bits per heavy atom. The molecule has 5 aromatic rings. The Balaban J connectivity index is 1.04. The zero-order valence-electron chi connectivity index (χ0n) is 23.8. The van der Waals surface area contributed by atoms with Gasteiger partial charge in [0.05, 0.1) is 11.4 Å². The van der Waals surface area contributed by atoms with Gasteiger partial charge in [0.15, 0.2) is 0 Å². The summed E-state index contributed by atoms with van der Waals surface area (Å²) in [4.78, 5) is 15.6. The van der Waals surface area contributed by atoms with Gasteiger partial charge in [0.2, 0.25) is 0 Å². The molecule has 0 saturated carbocycles. The third kappa shape index (κ3) is 5.83. The first-order valence-electron chi connectivity index (χ1n) is 14.3. The Hall–Kier alpha value is -6.36. The monoisotopic (exact) mass is 562 g/mol. The van der Waals surface area contributed by atoms with Crippen LogP contribution >= 0.6 is 0 Å². The van der Waals surface area contributed by atoms with Gasteiger partial charge in [-0.05, 0) is 108 Å². The van der Waals surface area contributed by atoms with Gasteiger partial charge >= 0.3 is 0 Å². The van der Waals surface area contributed by atoms with E-state index in [9.17, 15) is 0 Å². The van der Waals surface area contributed by atoms with E-state index in [-0.39, 0.29) is 0 Å². The SMILES string of the molecule is C(#Cc1ccc(/C(=C2\C=CC=N2)c2ccc[nH]2)cc1)c1ccc(C#Cc2ccc(/C(=C3/C=CC=N3)c3ccc[nH]3)cc2)cc1. The molecule has 44 heavy (non-hydrogen) atoms. The lowest BCUT2D eigenvalue weighted by molar-refractivity contribution is 1.32. The fourth-order valence-corrected chi connectivity index (χ4v) is 5.12. The van der Waals surface area contributed by atoms with E-state index in [0.29, 0.717) is 0 Å². The Kier molecular flexibility index (Phi) is 7.39. The predicted octanol–water partition coefficient (Wildman–Crippen LogP) is 7.94. The molecule has 7 rings (SSSR count). The highest BCUT2D eigenvalue weighted by molar-refractivity contribution is 5.89. The Labute approximate surface area is 256 Å². The van der Waals surface area contributed by atoms with Gasteiger partial charge in [-0.15, -0.1) is 0 Å². The maximum Gasteiger partial charge on any atom is 0.0729 e. The topological polar surface area (TPSA) is 56.3 Å². The van der Waals surface area contributed by atoms with Crippen LogP contribution in [0, 0.1) is 23.7 Å². The van der Waals surface area contributed by atoms with Crippen LogP contribution in [0.15, 0.2) is 155 Å². The van der Waals surface area contributed by atoms with Gasteiger partial charge in [-0.2, -0.15) is 0 Å². The first-order valence-corrected chi connectivity index (χ1v) is 14.3. The van der Waals surface area contributed by atoms with E-state index in [1.807, 2.05) is 85.5 Å². The number of nitrogens with zero attached hydrogens (tertiary/aromatic N) is 2. The molecule has 2 N–H and O–H groups in total. The van der Waals surface area contributed by atoms with Crippen molar-refractivity contribution in [2.75, 3.05) is 0 Å². The minimum Gasteiger partial charge on any atom is -0.361 e. The maximum atomic E-state index is 4.51. The van der Waals surface area contributed by atoms with Crippen LogP contribution in [0.5, 0.6) is 0 Å². The molecule has 2 aliphatic heterocycles. The number of aliphatic imine (C=N–C) groups is 2. The lowest BCUT2D eigenvalue weighted by Gasteiger charge is -2.08. The number of aromatic amines is 2. The Morgan fingerprint density at radius 1 is 0.455 bits per heavy atom. The number of hydrogen-bond donors (Lipinski definition) is 2. The van der Waals surface area contributed by atoms with Gasteiger partial charge in [-0.3, -0.25) is 9.98 Å². The molecule has 0 fully saturated rings. The third-order valence-corrected chi connectivity index (χ3v) is 7.29. The first-order chi connectivity index (χ1) is 21.8. The molecule has 0 amide bonds. The van der Waals surface area contributed by atoms with Gasteiger partial charge in [-0.1, -0.05) is 47.9 Å². The van der Waals surface area contributed by atoms with Crippen LogP contribution < -0.4 is 0 Å². The summed E-state index contributed by atoms with van der Waals surface area (Å²) < 4.78 is 0. The van der Waals surface area contributed by atoms with Crippen molar-refractivity contribution in [2.24, 2.45) is 9.98 Å². The molecule has 0 saturated heterocycles. The Morgan fingerprint density at radius 3 is 1.11 bits per heavy atom. The predicted molar refractivity (Wildman–Crippen MR) is 180 cm³/mol. The van der Waals surface area contributed by atoms with Crippen LogP contribution in [0.2, 0.25) is 0 Å². The van der Waals surface area contributed by atoms with Crippen molar-refractivity contribution in [3.63, 3.8) is 0 Å². The first kappa shape index (κ1) is 26.5. The van der Waals surface area contributed by atoms with Crippen LogP contribution in [-0.2, 0) is 0 Å². The van der Waals surface area contributed by atoms with Gasteiger partial charge in [0.1, 0.15) is 0 Å². The fraction of sp³-hybridized carbons (Fsp3) is 0. The molecular weight excluding hydrogens is 536 g/mol. The molecule has 0 radical (unpaired) electrons. The summed E-state index contributed by atoms with van der Waals surface area (Å²) >= 11 is 0. The van der Waals surface area contributed by atoms with Crippen molar-refractivity contribution in [1.82, 2.24) is 9.97 Å². The number of rotatable bonds is 4. The van der Waals surface area contributed by atoms with Gasteiger partial charge in [-0.25, -0.2) is 0 Å². The summed E-state index contributed by atoms with van der Waals surface area (Å²) in [6.45, 7) is 0. The van der Waals surface area contributed by atoms with E-state index in [0.717, 1.165) is 67.3 Å². The smallest absolute Gasteiger partial charge is 0.0729 e. The standard InChI is InChI=1S/C40H26N4/c1-5-35(41-25-1)39(36-6-2-26-42-36)33-21-17-31(18-22-33)15-13-29-9-11-30(12-10-29)14-16-32-19-23-34(24-20-32)40(37-7-3-27-43-37)38-8-4-28-44-38/h1-12,17-28,41,43H/b39-36-,40-38+. The minimum absolute atomic E-state index is 0.942. The molecule has 0 atom stereocenters. The molecular formula is C40H26N4. The molecule has 3 aromatic carbocycles. The van der Waals surface area contributed by atoms with Crippen LogP contribution in [0.3, 0.4) is 0 Å². The van der Waals surface area contributed by atoms with Crippen LogP contribution in [0.25, 0.3) is 11.1 Å². The largest absolute Gasteiger partial charge is 0.361 e. The van der Waals surface area contributed by atoms with Gasteiger partial charge in [0, 0.05) is 69.6 Å². The summed E-state index contributed by atoms with van der Waals surface area (Å²) in [5.74, 6) is 13.1. The fourth-order valence-electron chi connectivity index (χ4n) is 5.12. The summed E-state index contributed by atoms with van der Waals surface area (Å²) in [7, 11) is 0. The van der Waals surface area contributed by atoms with Crippen molar-refractivity contribution in [1.29, 1.82) is 0 Å². The number of aromatic nitrogens is 2. The Bertz CT molecular complexity index is 1920. The average Bonchev–Trinajstić information content (AvgIpc) is 3.91. The van der Waals surface area contributed by atoms with E-state index in [4.69, 9.17) is 0 Å². The molecule has 4 nitrogen and oxygen atoms in total. The number of allylic oxidation sites excluding steroid dienone is 4. The summed E-state index contributed by atoms with van der Waals surface area (Å²) in [5.41, 5.74) is 12.1. The quantitative estimate of drug-likeness (QED) is 0.209. The van der Waals surface area contributed by atoms with Crippen LogP contribution in [-0.4, -0.2) is 22.4 Å². The molecule has 206 valence electrons. The average molecular weight is 563 g/mol. The molecule has 0 spiro atoms. The van der Waals surface area contributed by atoms with Gasteiger partial charge < -0.3 is 9.97 Å². The molecule has 2 aromatic heterocycles. The molecule has 0 unspecified atom stereocenters. The maximum absolute atomic E-state index is 4.51. The number of hydrogen-bond acceptors (Lipinski definition) is 2. The van der Waals surface area contributed by atoms with E-state index in [1.54, 1.807) is 0 Å². The van der Waals surface area contributed by atoms with Crippen LogP contribution in [0.1, 0.15) is 44.8 Å². The zero-order chi connectivity index (χ0) is 29.6. The van der Waals surface area contributed by atoms with E-state index < -0.39 is 0 Å². The second-order valence-corrected chi connectivity index (χ2v) is 10.2. The van der Waals surface area contributed by atoms with Crippen molar-refractivity contribution in [2.45, 2.75) is 0 Å². The summed E-state index contributed by atoms with van der Waals surface area (Å²) in [6.07, 6.45) is 15.4. The highest BCUT2D eigenvalue weighted by Gasteiger charge is 2.13. The van der Waals surface area contributed by atoms with Crippen molar-refractivity contribution in [3.8, 4) is 23.7 Å². The van der Waals surface area contributed by atoms with Crippen LogP contribution in [0.4, 0.5) is 0 Å². The number of H-pyrrole nitrogens is 2. The lowest BCUT2D eigenvalue weighted by Crippen LogP contribution is -1.92.